The number of aromatic nitrogens is 2. The first kappa shape index (κ1) is 17.3. The number of rotatable bonds is 5. The van der Waals surface area contributed by atoms with Gasteiger partial charge in [-0.15, -0.1) is 0 Å². The van der Waals surface area contributed by atoms with Gasteiger partial charge in [-0.05, 0) is 36.4 Å². The summed E-state index contributed by atoms with van der Waals surface area (Å²) in [6, 6.07) is 14.4. The van der Waals surface area contributed by atoms with Gasteiger partial charge in [-0.3, -0.25) is 0 Å². The lowest BCUT2D eigenvalue weighted by Crippen LogP contribution is -1.97. The Morgan fingerprint density at radius 2 is 1.36 bits per heavy atom. The Morgan fingerprint density at radius 3 is 1.92 bits per heavy atom. The van der Waals surface area contributed by atoms with E-state index in [-0.39, 0.29) is 16.1 Å². The molecule has 0 saturated heterocycles. The van der Waals surface area contributed by atoms with Crippen molar-refractivity contribution >= 4 is 23.2 Å². The van der Waals surface area contributed by atoms with E-state index in [4.69, 9.17) is 37.4 Å². The van der Waals surface area contributed by atoms with E-state index in [1.165, 1.54) is 0 Å². The molecule has 3 rings (SSSR count). The molecule has 2 aromatic carbocycles. The van der Waals surface area contributed by atoms with Gasteiger partial charge in [0.25, 0.3) is 0 Å². The van der Waals surface area contributed by atoms with E-state index in [0.717, 1.165) is 11.3 Å². The monoisotopic (exact) mass is 376 g/mol. The first-order valence-electron chi connectivity index (χ1n) is 7.30. The Hall–Kier alpha value is -2.50. The van der Waals surface area contributed by atoms with Gasteiger partial charge in [-0.1, -0.05) is 35.3 Å². The predicted octanol–water partition coefficient (Wildman–Crippen LogP) is 5.26. The summed E-state index contributed by atoms with van der Waals surface area (Å²) in [4.78, 5) is 8.55. The van der Waals surface area contributed by atoms with Crippen LogP contribution < -0.4 is 14.2 Å². The van der Waals surface area contributed by atoms with Crippen LogP contribution >= 0.6 is 23.2 Å². The third-order valence-corrected chi connectivity index (χ3v) is 3.92. The maximum atomic E-state index is 6.26. The summed E-state index contributed by atoms with van der Waals surface area (Å²) in [6.45, 7) is 0. The van der Waals surface area contributed by atoms with Crippen molar-refractivity contribution in [3.63, 3.8) is 0 Å². The summed E-state index contributed by atoms with van der Waals surface area (Å²) in [5.74, 6) is 2.32. The van der Waals surface area contributed by atoms with E-state index in [1.54, 1.807) is 38.5 Å². The Bertz CT molecular complexity index is 863. The molecule has 0 bridgehead atoms. The second-order valence-electron chi connectivity index (χ2n) is 4.94. The van der Waals surface area contributed by atoms with Crippen LogP contribution in [0.4, 0.5) is 0 Å². The standard InChI is InChI=1S/C18H14Cl2N2O3/c1-23-12-9-7-11(8-10-12)18-21-16(19)15(17(20)22-18)25-14-6-4-3-5-13(14)24-2/h3-10H,1-2H3. The highest BCUT2D eigenvalue weighted by Gasteiger charge is 2.17. The van der Waals surface area contributed by atoms with Gasteiger partial charge >= 0.3 is 0 Å². The van der Waals surface area contributed by atoms with Crippen molar-refractivity contribution in [2.24, 2.45) is 0 Å². The third kappa shape index (κ3) is 3.78. The fraction of sp³-hybridized carbons (Fsp3) is 0.111. The van der Waals surface area contributed by atoms with Crippen molar-refractivity contribution in [1.29, 1.82) is 0 Å². The van der Waals surface area contributed by atoms with Crippen molar-refractivity contribution in [1.82, 2.24) is 9.97 Å². The number of nitrogens with zero attached hydrogens (tertiary/aromatic N) is 2. The van der Waals surface area contributed by atoms with Gasteiger partial charge in [0.1, 0.15) is 5.75 Å². The van der Waals surface area contributed by atoms with Crippen LogP contribution in [0.1, 0.15) is 0 Å². The van der Waals surface area contributed by atoms with Crippen molar-refractivity contribution in [3.8, 4) is 34.4 Å². The van der Waals surface area contributed by atoms with Crippen molar-refractivity contribution < 1.29 is 14.2 Å². The highest BCUT2D eigenvalue weighted by atomic mass is 35.5. The van der Waals surface area contributed by atoms with Crippen LogP contribution in [0.2, 0.25) is 10.3 Å². The molecule has 0 saturated carbocycles. The zero-order valence-corrected chi connectivity index (χ0v) is 15.0. The van der Waals surface area contributed by atoms with E-state index < -0.39 is 0 Å². The molecule has 0 aliphatic carbocycles. The smallest absolute Gasteiger partial charge is 0.202 e. The van der Waals surface area contributed by atoms with Gasteiger partial charge in [-0.25, -0.2) is 9.97 Å². The number of benzene rings is 2. The van der Waals surface area contributed by atoms with Crippen LogP contribution in [0.5, 0.6) is 23.0 Å². The molecule has 0 atom stereocenters. The molecule has 0 spiro atoms. The minimum absolute atomic E-state index is 0.108. The highest BCUT2D eigenvalue weighted by Crippen LogP contribution is 2.38. The first-order valence-corrected chi connectivity index (χ1v) is 8.06. The lowest BCUT2D eigenvalue weighted by Gasteiger charge is -2.12. The van der Waals surface area contributed by atoms with Gasteiger partial charge in [0, 0.05) is 5.56 Å². The normalized spacial score (nSPS) is 10.4. The molecule has 7 heteroatoms. The predicted molar refractivity (Wildman–Crippen MR) is 97.1 cm³/mol. The minimum atomic E-state index is 0.108. The lowest BCUT2D eigenvalue weighted by atomic mass is 10.2. The maximum absolute atomic E-state index is 6.26. The third-order valence-electron chi connectivity index (χ3n) is 3.41. The van der Waals surface area contributed by atoms with Crippen LogP contribution in [0.25, 0.3) is 11.4 Å². The van der Waals surface area contributed by atoms with Crippen LogP contribution in [-0.2, 0) is 0 Å². The molecule has 0 amide bonds. The van der Waals surface area contributed by atoms with E-state index >= 15 is 0 Å². The molecule has 3 aromatic rings. The van der Waals surface area contributed by atoms with Crippen LogP contribution in [0, 0.1) is 0 Å². The quantitative estimate of drug-likeness (QED) is 0.568. The summed E-state index contributed by atoms with van der Waals surface area (Å²) in [7, 11) is 3.15. The van der Waals surface area contributed by atoms with Crippen LogP contribution in [0.15, 0.2) is 48.5 Å². The average molecular weight is 377 g/mol. The Morgan fingerprint density at radius 1 is 0.760 bits per heavy atom. The molecule has 0 N–H and O–H groups in total. The number of hydrogen-bond acceptors (Lipinski definition) is 5. The number of para-hydroxylation sites is 2. The molecule has 0 aliphatic rings. The van der Waals surface area contributed by atoms with Gasteiger partial charge < -0.3 is 14.2 Å². The first-order chi connectivity index (χ1) is 12.1. The van der Waals surface area contributed by atoms with Gasteiger partial charge in [0.05, 0.1) is 14.2 Å². The SMILES string of the molecule is COc1ccc(-c2nc(Cl)c(Oc3ccccc3OC)c(Cl)n2)cc1. The molecule has 0 fully saturated rings. The topological polar surface area (TPSA) is 53.5 Å². The average Bonchev–Trinajstić information content (AvgIpc) is 2.65. The van der Waals surface area contributed by atoms with Crippen molar-refractivity contribution in [2.75, 3.05) is 14.2 Å². The fourth-order valence-corrected chi connectivity index (χ4v) is 2.63. The van der Waals surface area contributed by atoms with E-state index in [0.29, 0.717) is 17.3 Å². The molecule has 1 aromatic heterocycles. The van der Waals surface area contributed by atoms with E-state index in [2.05, 4.69) is 9.97 Å². The number of methoxy groups -OCH3 is 2. The lowest BCUT2D eigenvalue weighted by molar-refractivity contribution is 0.378. The number of halogens is 2. The molecule has 1 heterocycles. The highest BCUT2D eigenvalue weighted by molar-refractivity contribution is 6.35. The maximum Gasteiger partial charge on any atom is 0.202 e. The molecule has 0 aliphatic heterocycles. The van der Waals surface area contributed by atoms with E-state index in [9.17, 15) is 0 Å². The summed E-state index contributed by atoms with van der Waals surface area (Å²) in [6.07, 6.45) is 0. The summed E-state index contributed by atoms with van der Waals surface area (Å²) in [5, 5.41) is 0.216. The minimum Gasteiger partial charge on any atom is -0.497 e. The van der Waals surface area contributed by atoms with Crippen LogP contribution in [-0.4, -0.2) is 24.2 Å². The molecule has 0 radical (unpaired) electrons. The summed E-state index contributed by atoms with van der Waals surface area (Å²) < 4.78 is 16.1. The van der Waals surface area contributed by atoms with Gasteiger partial charge in [0.2, 0.25) is 5.75 Å². The molecule has 5 nitrogen and oxygen atoms in total. The van der Waals surface area contributed by atoms with Crippen molar-refractivity contribution in [2.45, 2.75) is 0 Å². The summed E-state index contributed by atoms with van der Waals surface area (Å²) in [5.41, 5.74) is 0.758. The van der Waals surface area contributed by atoms with Crippen LogP contribution in [0.3, 0.4) is 0 Å². The molecule has 0 unspecified atom stereocenters. The molecule has 128 valence electrons. The number of hydrogen-bond donors (Lipinski definition) is 0. The molecular weight excluding hydrogens is 363 g/mol. The Labute approximate surface area is 155 Å². The molecular formula is C18H14Cl2N2O3. The van der Waals surface area contributed by atoms with E-state index in [1.807, 2.05) is 24.3 Å². The van der Waals surface area contributed by atoms with Gasteiger partial charge in [0.15, 0.2) is 27.6 Å². The number of ether oxygens (including phenoxy) is 3. The summed E-state index contributed by atoms with van der Waals surface area (Å²) >= 11 is 12.5. The zero-order chi connectivity index (χ0) is 17.8. The fourth-order valence-electron chi connectivity index (χ4n) is 2.16. The Balaban J connectivity index is 1.94. The second-order valence-corrected chi connectivity index (χ2v) is 5.66. The Kier molecular flexibility index (Phi) is 5.26. The molecule has 25 heavy (non-hydrogen) atoms. The largest absolute Gasteiger partial charge is 0.497 e. The zero-order valence-electron chi connectivity index (χ0n) is 13.5. The second kappa shape index (κ2) is 7.59. The van der Waals surface area contributed by atoms with Gasteiger partial charge in [-0.2, -0.15) is 0 Å². The van der Waals surface area contributed by atoms with Crippen molar-refractivity contribution in [3.05, 3.63) is 58.8 Å².